The van der Waals surface area contributed by atoms with Gasteiger partial charge in [-0.15, -0.1) is 0 Å². The molecule has 1 atom stereocenters. The highest BCUT2D eigenvalue weighted by molar-refractivity contribution is 5.81. The van der Waals surface area contributed by atoms with Gasteiger partial charge in [0, 0.05) is 10.9 Å². The van der Waals surface area contributed by atoms with Crippen LogP contribution in [0.3, 0.4) is 0 Å². The number of benzene rings is 2. The van der Waals surface area contributed by atoms with Crippen molar-refractivity contribution in [1.82, 2.24) is 0 Å². The highest BCUT2D eigenvalue weighted by atomic mass is 19.2. The van der Waals surface area contributed by atoms with Gasteiger partial charge in [0.15, 0.2) is 11.6 Å². The number of furan rings is 1. The van der Waals surface area contributed by atoms with Crippen LogP contribution in [-0.2, 0) is 0 Å². The summed E-state index contributed by atoms with van der Waals surface area (Å²) in [7, 11) is 0. The lowest BCUT2D eigenvalue weighted by Gasteiger charge is -2.10. The lowest BCUT2D eigenvalue weighted by Crippen LogP contribution is -2.11. The van der Waals surface area contributed by atoms with Crippen LogP contribution in [0.1, 0.15) is 17.2 Å². The summed E-state index contributed by atoms with van der Waals surface area (Å²) >= 11 is 0. The Morgan fingerprint density at radius 1 is 1.00 bits per heavy atom. The zero-order chi connectivity index (χ0) is 13.4. The van der Waals surface area contributed by atoms with Gasteiger partial charge in [0.2, 0.25) is 0 Å². The summed E-state index contributed by atoms with van der Waals surface area (Å²) < 4.78 is 31.6. The molecule has 3 aromatic rings. The number of hydrogen-bond acceptors (Lipinski definition) is 2. The Morgan fingerprint density at radius 2 is 1.79 bits per heavy atom. The van der Waals surface area contributed by atoms with E-state index in [1.165, 1.54) is 6.07 Å². The minimum Gasteiger partial charge on any atom is -0.464 e. The summed E-state index contributed by atoms with van der Waals surface area (Å²) in [5.74, 6) is -1.78. The van der Waals surface area contributed by atoms with Gasteiger partial charge < -0.3 is 10.2 Å². The van der Waals surface area contributed by atoms with Crippen molar-refractivity contribution in [1.29, 1.82) is 0 Å². The summed E-state index contributed by atoms with van der Waals surface area (Å²) in [5.41, 5.74) is 8.07. The maximum Gasteiger partial charge on any atom is 0.159 e. The van der Waals surface area contributed by atoms with Gasteiger partial charge in [0.25, 0.3) is 0 Å². The molecule has 3 rings (SSSR count). The normalized spacial score (nSPS) is 12.8. The van der Waals surface area contributed by atoms with Crippen LogP contribution >= 0.6 is 0 Å². The van der Waals surface area contributed by atoms with Crippen LogP contribution in [0.25, 0.3) is 11.0 Å². The molecule has 0 amide bonds. The van der Waals surface area contributed by atoms with Crippen LogP contribution in [0.15, 0.2) is 53.1 Å². The molecule has 1 heterocycles. The van der Waals surface area contributed by atoms with E-state index in [2.05, 4.69) is 0 Å². The second-order valence-electron chi connectivity index (χ2n) is 4.34. The van der Waals surface area contributed by atoms with E-state index in [9.17, 15) is 8.78 Å². The SMILES string of the molecule is NC(c1ccc(F)c(F)c1)c1coc2ccccc12. The third-order valence-electron chi connectivity index (χ3n) is 3.15. The van der Waals surface area contributed by atoms with E-state index in [1.54, 1.807) is 6.26 Å². The lowest BCUT2D eigenvalue weighted by atomic mass is 9.99. The highest BCUT2D eigenvalue weighted by Crippen LogP contribution is 2.29. The van der Waals surface area contributed by atoms with Crippen molar-refractivity contribution in [3.63, 3.8) is 0 Å². The molecule has 2 nitrogen and oxygen atoms in total. The molecule has 2 aromatic carbocycles. The maximum atomic E-state index is 13.2. The van der Waals surface area contributed by atoms with Crippen LogP contribution in [0.5, 0.6) is 0 Å². The average molecular weight is 259 g/mol. The van der Waals surface area contributed by atoms with Crippen molar-refractivity contribution in [2.75, 3.05) is 0 Å². The molecule has 0 aliphatic heterocycles. The van der Waals surface area contributed by atoms with E-state index in [0.717, 1.165) is 28.7 Å². The fourth-order valence-corrected chi connectivity index (χ4v) is 2.12. The van der Waals surface area contributed by atoms with E-state index < -0.39 is 17.7 Å². The van der Waals surface area contributed by atoms with Crippen LogP contribution in [-0.4, -0.2) is 0 Å². The van der Waals surface area contributed by atoms with E-state index >= 15 is 0 Å². The van der Waals surface area contributed by atoms with E-state index in [0.29, 0.717) is 5.56 Å². The summed E-state index contributed by atoms with van der Waals surface area (Å²) in [6, 6.07) is 10.6. The molecule has 0 spiro atoms. The van der Waals surface area contributed by atoms with Gasteiger partial charge in [-0.3, -0.25) is 0 Å². The minimum atomic E-state index is -0.902. The first kappa shape index (κ1) is 11.9. The monoisotopic (exact) mass is 259 g/mol. The molecule has 1 unspecified atom stereocenters. The van der Waals surface area contributed by atoms with Gasteiger partial charge in [0.05, 0.1) is 12.3 Å². The predicted molar refractivity (Wildman–Crippen MR) is 68.6 cm³/mol. The molecule has 4 heteroatoms. The van der Waals surface area contributed by atoms with Crippen LogP contribution in [0.4, 0.5) is 8.78 Å². The Bertz CT molecular complexity index is 736. The second kappa shape index (κ2) is 4.48. The van der Waals surface area contributed by atoms with E-state index in [4.69, 9.17) is 10.2 Å². The quantitative estimate of drug-likeness (QED) is 0.761. The Hall–Kier alpha value is -2.20. The van der Waals surface area contributed by atoms with Crippen molar-refractivity contribution >= 4 is 11.0 Å². The number of hydrogen-bond donors (Lipinski definition) is 1. The van der Waals surface area contributed by atoms with Gasteiger partial charge in [-0.25, -0.2) is 8.78 Å². The summed E-state index contributed by atoms with van der Waals surface area (Å²) in [6.45, 7) is 0. The Balaban J connectivity index is 2.08. The van der Waals surface area contributed by atoms with Crippen molar-refractivity contribution in [2.24, 2.45) is 5.73 Å². The number of para-hydroxylation sites is 1. The van der Waals surface area contributed by atoms with Crippen LogP contribution < -0.4 is 5.73 Å². The molecule has 19 heavy (non-hydrogen) atoms. The summed E-state index contributed by atoms with van der Waals surface area (Å²) in [5, 5.41) is 0.875. The topological polar surface area (TPSA) is 39.2 Å². The third kappa shape index (κ3) is 2.00. The minimum absolute atomic E-state index is 0.505. The fraction of sp³-hybridized carbons (Fsp3) is 0.0667. The molecule has 0 bridgehead atoms. The van der Waals surface area contributed by atoms with Gasteiger partial charge in [-0.05, 0) is 23.8 Å². The third-order valence-corrected chi connectivity index (χ3v) is 3.15. The van der Waals surface area contributed by atoms with Crippen molar-refractivity contribution in [2.45, 2.75) is 6.04 Å². The van der Waals surface area contributed by atoms with Gasteiger partial charge in [-0.1, -0.05) is 24.3 Å². The molecule has 0 saturated heterocycles. The Labute approximate surface area is 108 Å². The van der Waals surface area contributed by atoms with Crippen LogP contribution in [0, 0.1) is 11.6 Å². The number of fused-ring (bicyclic) bond motifs is 1. The molecule has 96 valence electrons. The molecule has 0 fully saturated rings. The summed E-state index contributed by atoms with van der Waals surface area (Å²) in [4.78, 5) is 0. The number of rotatable bonds is 2. The van der Waals surface area contributed by atoms with Crippen LogP contribution in [0.2, 0.25) is 0 Å². The number of nitrogens with two attached hydrogens (primary N) is 1. The first-order valence-corrected chi connectivity index (χ1v) is 5.83. The first-order valence-electron chi connectivity index (χ1n) is 5.83. The molecule has 0 saturated carbocycles. The summed E-state index contributed by atoms with van der Waals surface area (Å²) in [6.07, 6.45) is 1.55. The smallest absolute Gasteiger partial charge is 0.159 e. The fourth-order valence-electron chi connectivity index (χ4n) is 2.12. The van der Waals surface area contributed by atoms with E-state index in [1.807, 2.05) is 24.3 Å². The average Bonchev–Trinajstić information content (AvgIpc) is 2.85. The van der Waals surface area contributed by atoms with Crippen molar-refractivity contribution in [3.05, 3.63) is 71.5 Å². The molecule has 2 N–H and O–H groups in total. The second-order valence-corrected chi connectivity index (χ2v) is 4.34. The largest absolute Gasteiger partial charge is 0.464 e. The molecule has 1 aromatic heterocycles. The standard InChI is InChI=1S/C15H11F2NO/c16-12-6-5-9(7-13(12)17)15(18)11-8-19-14-4-2-1-3-10(11)14/h1-8,15H,18H2. The first-order chi connectivity index (χ1) is 9.16. The maximum absolute atomic E-state index is 13.2. The molecular weight excluding hydrogens is 248 g/mol. The van der Waals surface area contributed by atoms with Crippen molar-refractivity contribution < 1.29 is 13.2 Å². The van der Waals surface area contributed by atoms with Gasteiger partial charge >= 0.3 is 0 Å². The predicted octanol–water partition coefficient (Wildman–Crippen LogP) is 3.76. The zero-order valence-corrected chi connectivity index (χ0v) is 9.94. The van der Waals surface area contributed by atoms with E-state index in [-0.39, 0.29) is 0 Å². The zero-order valence-electron chi connectivity index (χ0n) is 9.94. The Kier molecular flexibility index (Phi) is 2.80. The molecule has 0 aliphatic carbocycles. The Morgan fingerprint density at radius 3 is 2.58 bits per heavy atom. The molecular formula is C15H11F2NO. The van der Waals surface area contributed by atoms with Gasteiger partial charge in [0.1, 0.15) is 5.58 Å². The molecule has 0 radical (unpaired) electrons. The van der Waals surface area contributed by atoms with Crippen molar-refractivity contribution in [3.8, 4) is 0 Å². The molecule has 0 aliphatic rings. The lowest BCUT2D eigenvalue weighted by molar-refractivity contribution is 0.506. The number of halogens is 2. The highest BCUT2D eigenvalue weighted by Gasteiger charge is 2.16. The van der Waals surface area contributed by atoms with Gasteiger partial charge in [-0.2, -0.15) is 0 Å².